The lowest BCUT2D eigenvalue weighted by molar-refractivity contribution is 0.648. The summed E-state index contributed by atoms with van der Waals surface area (Å²) in [6.07, 6.45) is 16.0. The van der Waals surface area contributed by atoms with Crippen LogP contribution in [-0.2, 0) is 10.8 Å². The van der Waals surface area contributed by atoms with Gasteiger partial charge in [0.1, 0.15) is 0 Å². The zero-order chi connectivity index (χ0) is 31.8. The van der Waals surface area contributed by atoms with Gasteiger partial charge in [-0.05, 0) is 98.8 Å². The number of fused-ring (bicyclic) bond motifs is 7. The Morgan fingerprint density at radius 1 is 0.674 bits per heavy atom. The second-order valence-corrected chi connectivity index (χ2v) is 14.3. The molecule has 0 amide bonds. The standard InChI is InChI=1S/C45H41N/c1-7-33-29(17-16-28(2)31-20-23-36-34-12-8-10-14-38(34)44(3,4)40(36)26-31)18-19-30-22-25-42(46-43(30)33)32-21-24-37-35-13-9-11-15-39(35)45(5,6)41(37)27-32/h7-27,30,43H,1-6H3/b28-16+,29-17-,33-7+. The lowest BCUT2D eigenvalue weighted by atomic mass is 9.79. The van der Waals surface area contributed by atoms with E-state index in [1.165, 1.54) is 72.4 Å². The van der Waals surface area contributed by atoms with E-state index in [1.807, 2.05) is 0 Å². The van der Waals surface area contributed by atoms with E-state index in [0.717, 1.165) is 5.71 Å². The van der Waals surface area contributed by atoms with Gasteiger partial charge in [-0.1, -0.05) is 137 Å². The first-order valence-corrected chi connectivity index (χ1v) is 16.7. The average molecular weight is 596 g/mol. The van der Waals surface area contributed by atoms with Gasteiger partial charge in [0.25, 0.3) is 0 Å². The normalized spacial score (nSPS) is 23.1. The fourth-order valence-corrected chi connectivity index (χ4v) is 8.30. The average Bonchev–Trinajstić information content (AvgIpc) is 3.45. The van der Waals surface area contributed by atoms with Crippen molar-refractivity contribution in [2.45, 2.75) is 58.4 Å². The molecule has 4 aromatic carbocycles. The molecule has 2 atom stereocenters. The van der Waals surface area contributed by atoms with Crippen molar-refractivity contribution >= 4 is 11.3 Å². The summed E-state index contributed by atoms with van der Waals surface area (Å²) in [7, 11) is 0. The molecule has 0 aromatic heterocycles. The van der Waals surface area contributed by atoms with Gasteiger partial charge in [-0.25, -0.2) is 0 Å². The Labute approximate surface area is 274 Å². The predicted molar refractivity (Wildman–Crippen MR) is 196 cm³/mol. The molecule has 0 spiro atoms. The largest absolute Gasteiger partial charge is 0.276 e. The smallest absolute Gasteiger partial charge is 0.0856 e. The molecule has 8 rings (SSSR count). The maximum absolute atomic E-state index is 5.41. The maximum Gasteiger partial charge on any atom is 0.0856 e. The third-order valence-electron chi connectivity index (χ3n) is 11.0. The van der Waals surface area contributed by atoms with E-state index in [4.69, 9.17) is 4.99 Å². The summed E-state index contributed by atoms with van der Waals surface area (Å²) in [4.78, 5) is 5.41. The number of hydrogen-bond donors (Lipinski definition) is 0. The number of nitrogens with zero attached hydrogens (tertiary/aromatic N) is 1. The van der Waals surface area contributed by atoms with Crippen LogP contribution in [0.15, 0.2) is 144 Å². The minimum Gasteiger partial charge on any atom is -0.276 e. The van der Waals surface area contributed by atoms with E-state index >= 15 is 0 Å². The lowest BCUT2D eigenvalue weighted by Gasteiger charge is -2.30. The quantitative estimate of drug-likeness (QED) is 0.223. The highest BCUT2D eigenvalue weighted by molar-refractivity contribution is 6.10. The van der Waals surface area contributed by atoms with E-state index in [0.29, 0.717) is 0 Å². The van der Waals surface area contributed by atoms with Crippen molar-refractivity contribution in [3.63, 3.8) is 0 Å². The summed E-state index contributed by atoms with van der Waals surface area (Å²) in [5.74, 6) is 0.271. The fourth-order valence-electron chi connectivity index (χ4n) is 8.30. The molecule has 1 heterocycles. The molecule has 0 saturated heterocycles. The predicted octanol–water partition coefficient (Wildman–Crippen LogP) is 11.2. The molecule has 1 heteroatoms. The van der Waals surface area contributed by atoms with Crippen LogP contribution in [0.3, 0.4) is 0 Å². The zero-order valence-electron chi connectivity index (χ0n) is 27.7. The summed E-state index contributed by atoms with van der Waals surface area (Å²) >= 11 is 0. The molecule has 1 aliphatic heterocycles. The van der Waals surface area contributed by atoms with Crippen molar-refractivity contribution < 1.29 is 0 Å². The van der Waals surface area contributed by atoms with Gasteiger partial charge in [0, 0.05) is 22.3 Å². The second-order valence-electron chi connectivity index (χ2n) is 14.3. The number of hydrogen-bond acceptors (Lipinski definition) is 1. The van der Waals surface area contributed by atoms with Crippen LogP contribution in [0.4, 0.5) is 0 Å². The third-order valence-corrected chi connectivity index (χ3v) is 11.0. The van der Waals surface area contributed by atoms with E-state index in [9.17, 15) is 0 Å². The highest BCUT2D eigenvalue weighted by Gasteiger charge is 2.37. The monoisotopic (exact) mass is 595 g/mol. The molecule has 3 aliphatic carbocycles. The van der Waals surface area contributed by atoms with E-state index in [1.54, 1.807) is 0 Å². The third kappa shape index (κ3) is 4.25. The Balaban J connectivity index is 1.09. The van der Waals surface area contributed by atoms with Crippen LogP contribution in [0, 0.1) is 5.92 Å². The highest BCUT2D eigenvalue weighted by atomic mass is 14.8. The first kappa shape index (κ1) is 28.7. The van der Waals surface area contributed by atoms with Crippen molar-refractivity contribution in [1.29, 1.82) is 0 Å². The van der Waals surface area contributed by atoms with Crippen LogP contribution < -0.4 is 0 Å². The van der Waals surface area contributed by atoms with Crippen molar-refractivity contribution in [2.24, 2.45) is 10.9 Å². The topological polar surface area (TPSA) is 12.4 Å². The second kappa shape index (κ2) is 10.4. The molecule has 1 nitrogen and oxygen atoms in total. The Hall–Kier alpha value is -4.75. The summed E-state index contributed by atoms with van der Waals surface area (Å²) < 4.78 is 0. The Morgan fingerprint density at radius 3 is 1.93 bits per heavy atom. The molecule has 4 aromatic rings. The Morgan fingerprint density at radius 2 is 1.26 bits per heavy atom. The number of aliphatic imine (C=N–C) groups is 1. The molecule has 46 heavy (non-hydrogen) atoms. The molecular weight excluding hydrogens is 555 g/mol. The van der Waals surface area contributed by atoms with Gasteiger partial charge >= 0.3 is 0 Å². The summed E-state index contributed by atoms with van der Waals surface area (Å²) in [5.41, 5.74) is 18.4. The zero-order valence-corrected chi connectivity index (χ0v) is 27.7. The molecule has 2 unspecified atom stereocenters. The van der Waals surface area contributed by atoms with E-state index in [2.05, 4.69) is 169 Å². The van der Waals surface area contributed by atoms with Crippen LogP contribution in [-0.4, -0.2) is 11.8 Å². The van der Waals surface area contributed by atoms with Crippen LogP contribution in [0.2, 0.25) is 0 Å². The van der Waals surface area contributed by atoms with Gasteiger partial charge in [-0.15, -0.1) is 0 Å². The van der Waals surface area contributed by atoms with Crippen LogP contribution in [0.5, 0.6) is 0 Å². The van der Waals surface area contributed by atoms with E-state index < -0.39 is 0 Å². The maximum atomic E-state index is 5.41. The summed E-state index contributed by atoms with van der Waals surface area (Å²) in [6, 6.07) is 31.7. The molecule has 0 radical (unpaired) electrons. The minimum absolute atomic E-state index is 0.00267. The number of rotatable bonds is 3. The lowest BCUT2D eigenvalue weighted by Crippen LogP contribution is -2.27. The molecule has 0 fully saturated rings. The van der Waals surface area contributed by atoms with Gasteiger partial charge in [0.05, 0.1) is 11.8 Å². The molecule has 0 saturated carbocycles. The van der Waals surface area contributed by atoms with Crippen molar-refractivity contribution in [3.8, 4) is 22.3 Å². The van der Waals surface area contributed by atoms with Crippen molar-refractivity contribution in [1.82, 2.24) is 0 Å². The van der Waals surface area contributed by atoms with Crippen LogP contribution >= 0.6 is 0 Å². The van der Waals surface area contributed by atoms with E-state index in [-0.39, 0.29) is 22.8 Å². The van der Waals surface area contributed by atoms with Gasteiger partial charge in [-0.2, -0.15) is 0 Å². The van der Waals surface area contributed by atoms with Gasteiger partial charge in [-0.3, -0.25) is 4.99 Å². The van der Waals surface area contributed by atoms with Crippen LogP contribution in [0.25, 0.3) is 27.8 Å². The molecule has 226 valence electrons. The fraction of sp³-hybridized carbons (Fsp3) is 0.222. The van der Waals surface area contributed by atoms with Crippen LogP contribution in [0.1, 0.15) is 74.9 Å². The van der Waals surface area contributed by atoms with Crippen molar-refractivity contribution in [2.75, 3.05) is 0 Å². The molecule has 0 N–H and O–H groups in total. The SMILES string of the molecule is C\C=C1/C(=C\C=C(/C)c2ccc3c(c2)C(C)(C)c2ccccc2-3)C=CC2C=CC(c3ccc4c(c3)C(C)(C)c3ccccc3-4)=NC12. The first-order chi connectivity index (χ1) is 22.2. The highest BCUT2D eigenvalue weighted by Crippen LogP contribution is 2.50. The minimum atomic E-state index is -0.0237. The number of dihydropyridines is 1. The summed E-state index contributed by atoms with van der Waals surface area (Å²) in [5, 5.41) is 0. The first-order valence-electron chi connectivity index (χ1n) is 16.7. The molecule has 4 aliphatic rings. The summed E-state index contributed by atoms with van der Waals surface area (Å²) in [6.45, 7) is 13.8. The van der Waals surface area contributed by atoms with Gasteiger partial charge < -0.3 is 0 Å². The van der Waals surface area contributed by atoms with Gasteiger partial charge in [0.15, 0.2) is 0 Å². The van der Waals surface area contributed by atoms with Crippen molar-refractivity contribution in [3.05, 3.63) is 172 Å². The Bertz CT molecular complexity index is 2120. The molecular formula is C45H41N. The number of benzene rings is 4. The number of allylic oxidation sites excluding steroid dienone is 6. The molecule has 0 bridgehead atoms. The Kier molecular flexibility index (Phi) is 6.48. The van der Waals surface area contributed by atoms with Gasteiger partial charge in [0.2, 0.25) is 0 Å².